The summed E-state index contributed by atoms with van der Waals surface area (Å²) in [6.07, 6.45) is 2.08. The molecule has 0 saturated heterocycles. The normalized spacial score (nSPS) is 15.2. The molecule has 0 aliphatic carbocycles. The Balaban J connectivity index is 2.59. The van der Waals surface area contributed by atoms with E-state index in [1.165, 1.54) is 0 Å². The third kappa shape index (κ3) is 3.13. The average molecular weight is 240 g/mol. The van der Waals surface area contributed by atoms with E-state index < -0.39 is 17.9 Å². The van der Waals surface area contributed by atoms with E-state index in [1.54, 1.807) is 0 Å². The molecule has 0 saturated carbocycles. The van der Waals surface area contributed by atoms with Gasteiger partial charge < -0.3 is 10.5 Å². The van der Waals surface area contributed by atoms with Crippen LogP contribution in [0.3, 0.4) is 0 Å². The van der Waals surface area contributed by atoms with Gasteiger partial charge in [0.15, 0.2) is 0 Å². The fourth-order valence-corrected chi connectivity index (χ4v) is 1.39. The van der Waals surface area contributed by atoms with Crippen LogP contribution in [-0.4, -0.2) is 36.0 Å². The number of nitrogens with zero attached hydrogens (tertiary/aromatic N) is 1. The van der Waals surface area contributed by atoms with E-state index in [-0.39, 0.29) is 25.1 Å². The Labute approximate surface area is 99.4 Å². The van der Waals surface area contributed by atoms with Crippen LogP contribution in [-0.2, 0) is 14.3 Å². The highest BCUT2D eigenvalue weighted by Crippen LogP contribution is 2.16. The number of unbranched alkanes of at least 4 members (excludes halogenated alkanes) is 1. The quantitative estimate of drug-likeness (QED) is 0.560. The summed E-state index contributed by atoms with van der Waals surface area (Å²) < 4.78 is 4.81. The molecular formula is C11H16N2O4. The molecule has 0 fully saturated rings. The second kappa shape index (κ2) is 6.15. The third-order valence-corrected chi connectivity index (χ3v) is 2.32. The molecule has 0 aromatic heterocycles. The van der Waals surface area contributed by atoms with Crippen molar-refractivity contribution in [3.63, 3.8) is 0 Å². The molecule has 2 N–H and O–H groups in total. The summed E-state index contributed by atoms with van der Waals surface area (Å²) in [5, 5.41) is 0. The van der Waals surface area contributed by atoms with Crippen LogP contribution in [0.15, 0.2) is 11.6 Å². The molecule has 0 bridgehead atoms. The number of imide groups is 3. The lowest BCUT2D eigenvalue weighted by molar-refractivity contribution is -0.135. The zero-order valence-corrected chi connectivity index (χ0v) is 9.77. The summed E-state index contributed by atoms with van der Waals surface area (Å²) in [6, 6.07) is 0. The zero-order chi connectivity index (χ0) is 12.8. The summed E-state index contributed by atoms with van der Waals surface area (Å²) in [6.45, 7) is 2.41. The molecule has 0 aromatic rings. The predicted molar refractivity (Wildman–Crippen MR) is 59.9 cm³/mol. The van der Waals surface area contributed by atoms with Gasteiger partial charge >= 0.3 is 6.09 Å². The Kier molecular flexibility index (Phi) is 4.84. The van der Waals surface area contributed by atoms with Crippen molar-refractivity contribution in [2.24, 2.45) is 5.73 Å². The van der Waals surface area contributed by atoms with Crippen molar-refractivity contribution in [1.82, 2.24) is 4.90 Å². The van der Waals surface area contributed by atoms with E-state index in [4.69, 9.17) is 10.5 Å². The van der Waals surface area contributed by atoms with Crippen molar-refractivity contribution < 1.29 is 19.1 Å². The number of carbonyl (C=O) groups excluding carboxylic acids is 3. The highest BCUT2D eigenvalue weighted by atomic mass is 16.6. The summed E-state index contributed by atoms with van der Waals surface area (Å²) >= 11 is 0. The van der Waals surface area contributed by atoms with Crippen molar-refractivity contribution in [1.29, 1.82) is 0 Å². The number of hydrogen-bond donors (Lipinski definition) is 1. The first-order valence-corrected chi connectivity index (χ1v) is 5.57. The Morgan fingerprint density at radius 2 is 2.18 bits per heavy atom. The maximum absolute atomic E-state index is 11.7. The number of nitrogens with two attached hydrogens (primary N) is 1. The van der Waals surface area contributed by atoms with Gasteiger partial charge in [-0.25, -0.2) is 4.79 Å². The van der Waals surface area contributed by atoms with Crippen molar-refractivity contribution in [3.8, 4) is 0 Å². The lowest BCUT2D eigenvalue weighted by atomic mass is 10.2. The van der Waals surface area contributed by atoms with Gasteiger partial charge in [0.25, 0.3) is 11.8 Å². The van der Waals surface area contributed by atoms with Crippen LogP contribution in [0, 0.1) is 0 Å². The van der Waals surface area contributed by atoms with E-state index in [0.29, 0.717) is 11.3 Å². The lowest BCUT2D eigenvalue weighted by Crippen LogP contribution is -2.37. The molecule has 0 aromatic carbocycles. The molecule has 3 amide bonds. The molecule has 0 unspecified atom stereocenters. The highest BCUT2D eigenvalue weighted by Gasteiger charge is 2.36. The minimum Gasteiger partial charge on any atom is -0.449 e. The molecule has 0 spiro atoms. The van der Waals surface area contributed by atoms with Crippen molar-refractivity contribution in [2.75, 3.05) is 13.2 Å². The first-order chi connectivity index (χ1) is 8.11. The van der Waals surface area contributed by atoms with Crippen LogP contribution in [0.2, 0.25) is 0 Å². The van der Waals surface area contributed by atoms with E-state index >= 15 is 0 Å². The van der Waals surface area contributed by atoms with Crippen LogP contribution in [0.5, 0.6) is 0 Å². The van der Waals surface area contributed by atoms with Crippen molar-refractivity contribution in [3.05, 3.63) is 11.6 Å². The van der Waals surface area contributed by atoms with Gasteiger partial charge in [0, 0.05) is 11.6 Å². The lowest BCUT2D eigenvalue weighted by Gasteiger charge is -2.12. The molecule has 1 heterocycles. The predicted octanol–water partition coefficient (Wildman–Crippen LogP) is 0.567. The first kappa shape index (κ1) is 13.4. The number of ether oxygens (including phenoxy) is 1. The maximum atomic E-state index is 11.7. The molecule has 6 heteroatoms. The topological polar surface area (TPSA) is 89.7 Å². The van der Waals surface area contributed by atoms with Crippen LogP contribution in [0.4, 0.5) is 4.79 Å². The van der Waals surface area contributed by atoms with E-state index in [9.17, 15) is 14.4 Å². The SMILES string of the molecule is CCCCOC(=O)N1C(=O)C=C(CCN)C1=O. The molecule has 0 atom stereocenters. The van der Waals surface area contributed by atoms with Gasteiger partial charge in [-0.2, -0.15) is 4.90 Å². The summed E-state index contributed by atoms with van der Waals surface area (Å²) in [5.41, 5.74) is 5.55. The van der Waals surface area contributed by atoms with Crippen molar-refractivity contribution in [2.45, 2.75) is 26.2 Å². The summed E-state index contributed by atoms with van der Waals surface area (Å²) in [5.74, 6) is -1.28. The molecule has 1 aliphatic heterocycles. The van der Waals surface area contributed by atoms with Gasteiger partial charge in [-0.3, -0.25) is 9.59 Å². The molecule has 94 valence electrons. The van der Waals surface area contributed by atoms with E-state index in [0.717, 1.165) is 12.5 Å². The third-order valence-electron chi connectivity index (χ3n) is 2.32. The summed E-state index contributed by atoms with van der Waals surface area (Å²) in [7, 11) is 0. The van der Waals surface area contributed by atoms with E-state index in [1.807, 2.05) is 6.92 Å². The molecular weight excluding hydrogens is 224 g/mol. The minimum absolute atomic E-state index is 0.207. The molecule has 0 radical (unpaired) electrons. The number of carbonyl (C=O) groups is 3. The zero-order valence-electron chi connectivity index (χ0n) is 9.77. The smallest absolute Gasteiger partial charge is 0.424 e. The second-order valence-corrected chi connectivity index (χ2v) is 3.65. The Hall–Kier alpha value is -1.69. The van der Waals surface area contributed by atoms with Gasteiger partial charge in [-0.1, -0.05) is 13.3 Å². The van der Waals surface area contributed by atoms with Gasteiger partial charge in [-0.05, 0) is 19.4 Å². The monoisotopic (exact) mass is 240 g/mol. The number of amides is 3. The first-order valence-electron chi connectivity index (χ1n) is 5.57. The van der Waals surface area contributed by atoms with Gasteiger partial charge in [0.1, 0.15) is 0 Å². The maximum Gasteiger partial charge on any atom is 0.424 e. The van der Waals surface area contributed by atoms with Gasteiger partial charge in [0.05, 0.1) is 6.61 Å². The minimum atomic E-state index is -0.906. The van der Waals surface area contributed by atoms with Gasteiger partial charge in [-0.15, -0.1) is 0 Å². The van der Waals surface area contributed by atoms with Crippen LogP contribution < -0.4 is 5.73 Å². The second-order valence-electron chi connectivity index (χ2n) is 3.65. The fraction of sp³-hybridized carbons (Fsp3) is 0.545. The molecule has 17 heavy (non-hydrogen) atoms. The number of rotatable bonds is 5. The van der Waals surface area contributed by atoms with Crippen LogP contribution in [0.1, 0.15) is 26.2 Å². The van der Waals surface area contributed by atoms with Gasteiger partial charge in [0.2, 0.25) is 0 Å². The van der Waals surface area contributed by atoms with Crippen molar-refractivity contribution >= 4 is 17.9 Å². The largest absolute Gasteiger partial charge is 0.449 e. The van der Waals surface area contributed by atoms with Crippen LogP contribution in [0.25, 0.3) is 0 Å². The Morgan fingerprint density at radius 1 is 1.47 bits per heavy atom. The molecule has 6 nitrogen and oxygen atoms in total. The Morgan fingerprint density at radius 3 is 2.76 bits per heavy atom. The van der Waals surface area contributed by atoms with Crippen LogP contribution >= 0.6 is 0 Å². The standard InChI is InChI=1S/C11H16N2O4/c1-2-3-6-17-11(16)13-9(14)7-8(4-5-12)10(13)15/h7H,2-6,12H2,1H3. The number of hydrogen-bond acceptors (Lipinski definition) is 5. The highest BCUT2D eigenvalue weighted by molar-refractivity contribution is 6.23. The fourth-order valence-electron chi connectivity index (χ4n) is 1.39. The summed E-state index contributed by atoms with van der Waals surface area (Å²) in [4.78, 5) is 35.1. The van der Waals surface area contributed by atoms with E-state index in [2.05, 4.69) is 0 Å². The Bertz CT molecular complexity index is 362. The average Bonchev–Trinajstić information content (AvgIpc) is 2.55. The molecule has 1 rings (SSSR count). The molecule has 1 aliphatic rings.